The summed E-state index contributed by atoms with van der Waals surface area (Å²) in [6.45, 7) is 9.61. The van der Waals surface area contributed by atoms with Gasteiger partial charge in [0.1, 0.15) is 11.3 Å². The molecule has 7 nitrogen and oxygen atoms in total. The monoisotopic (exact) mass is 409 g/mol. The molecule has 158 valence electrons. The summed E-state index contributed by atoms with van der Waals surface area (Å²) in [5.74, 6) is -0.0411. The lowest BCUT2D eigenvalue weighted by Gasteiger charge is -2.26. The quantitative estimate of drug-likeness (QED) is 0.412. The fraction of sp³-hybridized carbons (Fsp3) is 0.348. The van der Waals surface area contributed by atoms with Crippen molar-refractivity contribution in [2.24, 2.45) is 0 Å². The van der Waals surface area contributed by atoms with Gasteiger partial charge in [-0.15, -0.1) is 6.58 Å². The van der Waals surface area contributed by atoms with Crippen molar-refractivity contribution in [2.75, 3.05) is 13.7 Å². The molecule has 3 rings (SSSR count). The molecule has 1 aliphatic heterocycles. The number of allylic oxidation sites excluding steroid dienone is 1. The number of methoxy groups -OCH3 is 1. The van der Waals surface area contributed by atoms with Crippen LogP contribution in [-0.2, 0) is 16.9 Å². The van der Waals surface area contributed by atoms with Crippen molar-refractivity contribution in [1.29, 1.82) is 0 Å². The van der Waals surface area contributed by atoms with Crippen LogP contribution in [0.5, 0.6) is 5.75 Å². The molecule has 2 heterocycles. The SMILES string of the molecule is C=CCn1c(C)cc(C(=O)CN2C(=O)N[C@@](CC)(c3ccc(OC)cc3)C2=O)c1C. The Morgan fingerprint density at radius 1 is 1.23 bits per heavy atom. The maximum atomic E-state index is 13.3. The second kappa shape index (κ2) is 8.18. The van der Waals surface area contributed by atoms with Crippen LogP contribution in [0.4, 0.5) is 4.79 Å². The van der Waals surface area contributed by atoms with E-state index in [1.54, 1.807) is 43.5 Å². The Kier molecular flexibility index (Phi) is 5.82. The first-order valence-corrected chi connectivity index (χ1v) is 9.88. The van der Waals surface area contributed by atoms with Gasteiger partial charge in [0.2, 0.25) is 0 Å². The van der Waals surface area contributed by atoms with Crippen molar-refractivity contribution in [1.82, 2.24) is 14.8 Å². The van der Waals surface area contributed by atoms with Gasteiger partial charge in [0, 0.05) is 23.5 Å². The van der Waals surface area contributed by atoms with Crippen LogP contribution in [0.25, 0.3) is 0 Å². The van der Waals surface area contributed by atoms with E-state index in [9.17, 15) is 14.4 Å². The lowest BCUT2D eigenvalue weighted by Crippen LogP contribution is -2.43. The zero-order valence-corrected chi connectivity index (χ0v) is 17.8. The third kappa shape index (κ3) is 3.40. The average molecular weight is 409 g/mol. The molecule has 0 radical (unpaired) electrons. The minimum atomic E-state index is -1.19. The van der Waals surface area contributed by atoms with E-state index in [1.165, 1.54) is 0 Å². The maximum Gasteiger partial charge on any atom is 0.325 e. The summed E-state index contributed by atoms with van der Waals surface area (Å²) in [6, 6.07) is 8.23. The number of hydrogen-bond donors (Lipinski definition) is 1. The van der Waals surface area contributed by atoms with E-state index < -0.39 is 17.5 Å². The van der Waals surface area contributed by atoms with E-state index in [0.717, 1.165) is 16.3 Å². The number of aryl methyl sites for hydroxylation is 1. The minimum absolute atomic E-state index is 0.274. The highest BCUT2D eigenvalue weighted by molar-refractivity contribution is 6.11. The number of amides is 3. The highest BCUT2D eigenvalue weighted by atomic mass is 16.5. The maximum absolute atomic E-state index is 13.3. The number of benzene rings is 1. The third-order valence-electron chi connectivity index (χ3n) is 5.78. The summed E-state index contributed by atoms with van der Waals surface area (Å²) in [6.07, 6.45) is 2.12. The molecular weight excluding hydrogens is 382 g/mol. The lowest BCUT2D eigenvalue weighted by molar-refractivity contribution is -0.131. The molecule has 1 aliphatic rings. The molecule has 0 bridgehead atoms. The first kappa shape index (κ1) is 21.4. The molecule has 30 heavy (non-hydrogen) atoms. The fourth-order valence-electron chi connectivity index (χ4n) is 4.01. The molecule has 0 aliphatic carbocycles. The van der Waals surface area contributed by atoms with E-state index >= 15 is 0 Å². The molecule has 3 amide bonds. The molecule has 1 N–H and O–H groups in total. The van der Waals surface area contributed by atoms with E-state index in [0.29, 0.717) is 29.8 Å². The standard InChI is InChI=1S/C23H27N3O4/c1-6-12-25-15(3)13-19(16(25)4)20(27)14-26-21(28)23(7-2,24-22(26)29)17-8-10-18(30-5)11-9-17/h6,8-11,13H,1,7,12,14H2,2-5H3,(H,24,29)/t23-/m0/s1. The average Bonchev–Trinajstić information content (AvgIpc) is 3.17. The molecule has 0 spiro atoms. The highest BCUT2D eigenvalue weighted by Gasteiger charge is 2.51. The van der Waals surface area contributed by atoms with Crippen LogP contribution in [0, 0.1) is 13.8 Å². The zero-order valence-electron chi connectivity index (χ0n) is 17.8. The number of nitrogens with one attached hydrogen (secondary N) is 1. The van der Waals surface area contributed by atoms with Crippen LogP contribution in [0.1, 0.15) is 40.7 Å². The van der Waals surface area contributed by atoms with Crippen LogP contribution >= 0.6 is 0 Å². The van der Waals surface area contributed by atoms with Gasteiger partial charge in [-0.25, -0.2) is 4.79 Å². The largest absolute Gasteiger partial charge is 0.497 e. The van der Waals surface area contributed by atoms with Crippen molar-refractivity contribution in [3.63, 3.8) is 0 Å². The molecule has 1 atom stereocenters. The van der Waals surface area contributed by atoms with E-state index in [4.69, 9.17) is 4.74 Å². The van der Waals surface area contributed by atoms with Gasteiger partial charge < -0.3 is 14.6 Å². The van der Waals surface area contributed by atoms with Gasteiger partial charge >= 0.3 is 6.03 Å². The Morgan fingerprint density at radius 2 is 1.90 bits per heavy atom. The Labute approximate surface area is 176 Å². The number of nitrogens with zero attached hydrogens (tertiary/aromatic N) is 2. The predicted molar refractivity (Wildman–Crippen MR) is 114 cm³/mol. The van der Waals surface area contributed by atoms with Gasteiger partial charge in [-0.1, -0.05) is 25.1 Å². The van der Waals surface area contributed by atoms with Gasteiger partial charge in [-0.05, 0) is 44.0 Å². The summed E-state index contributed by atoms with van der Waals surface area (Å²) >= 11 is 0. The molecule has 2 aromatic rings. The Hall–Kier alpha value is -3.35. The van der Waals surface area contributed by atoms with Crippen LogP contribution in [-0.4, -0.2) is 40.8 Å². The van der Waals surface area contributed by atoms with Gasteiger partial charge in [-0.2, -0.15) is 0 Å². The second-order valence-electron chi connectivity index (χ2n) is 7.42. The topological polar surface area (TPSA) is 80.6 Å². The van der Waals surface area contributed by atoms with Crippen molar-refractivity contribution in [3.8, 4) is 5.75 Å². The first-order valence-electron chi connectivity index (χ1n) is 9.88. The number of aromatic nitrogens is 1. The summed E-state index contributed by atoms with van der Waals surface area (Å²) in [5.41, 5.74) is 1.69. The van der Waals surface area contributed by atoms with Crippen LogP contribution in [0.2, 0.25) is 0 Å². The minimum Gasteiger partial charge on any atom is -0.497 e. The second-order valence-corrected chi connectivity index (χ2v) is 7.42. The Bertz CT molecular complexity index is 1010. The number of carbonyl (C=O) groups is 3. The highest BCUT2D eigenvalue weighted by Crippen LogP contribution is 2.33. The zero-order chi connectivity index (χ0) is 22.1. The Morgan fingerprint density at radius 3 is 2.47 bits per heavy atom. The van der Waals surface area contributed by atoms with Crippen molar-refractivity contribution >= 4 is 17.7 Å². The number of ether oxygens (including phenoxy) is 1. The molecule has 1 saturated heterocycles. The van der Waals surface area contributed by atoms with Crippen molar-refractivity contribution < 1.29 is 19.1 Å². The Balaban J connectivity index is 1.88. The van der Waals surface area contributed by atoms with E-state index in [-0.39, 0.29) is 12.3 Å². The summed E-state index contributed by atoms with van der Waals surface area (Å²) < 4.78 is 7.15. The molecule has 1 aromatic carbocycles. The number of carbonyl (C=O) groups excluding carboxylic acids is 3. The van der Waals surface area contributed by atoms with Crippen LogP contribution in [0.15, 0.2) is 43.0 Å². The van der Waals surface area contributed by atoms with Gasteiger partial charge in [-0.3, -0.25) is 14.5 Å². The number of ketones is 1. The molecule has 0 unspecified atom stereocenters. The summed E-state index contributed by atoms with van der Waals surface area (Å²) in [5, 5.41) is 2.80. The van der Waals surface area contributed by atoms with E-state index in [1.807, 2.05) is 25.3 Å². The van der Waals surface area contributed by atoms with Gasteiger partial charge in [0.05, 0.1) is 13.7 Å². The van der Waals surface area contributed by atoms with Crippen molar-refractivity contribution in [3.05, 3.63) is 65.5 Å². The molecule has 1 aromatic heterocycles. The fourth-order valence-corrected chi connectivity index (χ4v) is 4.01. The first-order chi connectivity index (χ1) is 14.3. The third-order valence-corrected chi connectivity index (χ3v) is 5.78. The summed E-state index contributed by atoms with van der Waals surface area (Å²) in [4.78, 5) is 40.0. The van der Waals surface area contributed by atoms with Gasteiger partial charge in [0.25, 0.3) is 5.91 Å². The predicted octanol–water partition coefficient (Wildman–Crippen LogP) is 3.34. The van der Waals surface area contributed by atoms with E-state index in [2.05, 4.69) is 11.9 Å². The number of hydrogen-bond acceptors (Lipinski definition) is 4. The van der Waals surface area contributed by atoms with Crippen LogP contribution < -0.4 is 10.1 Å². The lowest BCUT2D eigenvalue weighted by atomic mass is 9.87. The number of Topliss-reactive ketones (excluding diaryl/α,β-unsaturated/α-hetero) is 1. The smallest absolute Gasteiger partial charge is 0.325 e. The van der Waals surface area contributed by atoms with Crippen molar-refractivity contribution in [2.45, 2.75) is 39.3 Å². The normalized spacial score (nSPS) is 18.5. The molecule has 1 fully saturated rings. The number of rotatable bonds is 8. The molecule has 0 saturated carbocycles. The number of imide groups is 1. The van der Waals surface area contributed by atoms with Crippen LogP contribution in [0.3, 0.4) is 0 Å². The van der Waals surface area contributed by atoms with Gasteiger partial charge in [0.15, 0.2) is 5.78 Å². The molecular formula is C23H27N3O4. The molecule has 7 heteroatoms. The number of urea groups is 1. The summed E-state index contributed by atoms with van der Waals surface area (Å²) in [7, 11) is 1.56.